The van der Waals surface area contributed by atoms with Crippen LogP contribution in [0.5, 0.6) is 0 Å². The van der Waals surface area contributed by atoms with Crippen molar-refractivity contribution in [1.82, 2.24) is 20.0 Å². The number of likely N-dealkylation sites (tertiary alicyclic amines) is 1. The maximum absolute atomic E-state index is 9.54. The van der Waals surface area contributed by atoms with E-state index in [0.717, 1.165) is 43.4 Å². The van der Waals surface area contributed by atoms with Crippen molar-refractivity contribution in [2.45, 2.75) is 33.1 Å². The summed E-state index contributed by atoms with van der Waals surface area (Å²) < 4.78 is 1.65. The summed E-state index contributed by atoms with van der Waals surface area (Å²) in [5.41, 5.74) is 8.25. The second-order valence-electron chi connectivity index (χ2n) is 7.99. The van der Waals surface area contributed by atoms with Crippen molar-refractivity contribution in [3.63, 3.8) is 0 Å². The van der Waals surface area contributed by atoms with Crippen LogP contribution in [0.3, 0.4) is 0 Å². The number of rotatable bonds is 5. The number of aromatic nitrogens is 2. The molecule has 0 amide bonds. The fraction of sp³-hybridized carbons (Fsp3) is 0.500. The first-order valence-electron chi connectivity index (χ1n) is 10.3. The summed E-state index contributed by atoms with van der Waals surface area (Å²) in [6, 6.07) is 11.9. The topological polar surface area (TPSA) is 95.3 Å². The van der Waals surface area contributed by atoms with Gasteiger partial charge in [-0.1, -0.05) is 32.0 Å². The van der Waals surface area contributed by atoms with E-state index >= 15 is 0 Å². The van der Waals surface area contributed by atoms with Gasteiger partial charge in [-0.15, -0.1) is 24.0 Å². The zero-order valence-corrected chi connectivity index (χ0v) is 20.3. The van der Waals surface area contributed by atoms with Gasteiger partial charge in [0.1, 0.15) is 17.5 Å². The molecule has 8 heteroatoms. The number of hydrogen-bond acceptors (Lipinski definition) is 4. The lowest BCUT2D eigenvalue weighted by atomic mass is 9.92. The molecule has 0 spiro atoms. The smallest absolute Gasteiger partial charge is 0.193 e. The van der Waals surface area contributed by atoms with Crippen LogP contribution in [0, 0.1) is 23.2 Å². The summed E-state index contributed by atoms with van der Waals surface area (Å²) in [4.78, 5) is 6.81. The second kappa shape index (κ2) is 11.2. The second-order valence-corrected chi connectivity index (χ2v) is 7.99. The van der Waals surface area contributed by atoms with Crippen LogP contribution in [0.25, 0.3) is 5.69 Å². The molecule has 1 saturated heterocycles. The van der Waals surface area contributed by atoms with Crippen LogP contribution in [0.4, 0.5) is 5.82 Å². The number of guanidine groups is 1. The van der Waals surface area contributed by atoms with E-state index in [2.05, 4.69) is 40.2 Å². The van der Waals surface area contributed by atoms with Gasteiger partial charge >= 0.3 is 0 Å². The molecular weight excluding hydrogens is 489 g/mol. The van der Waals surface area contributed by atoms with Gasteiger partial charge in [-0.25, -0.2) is 4.68 Å². The zero-order valence-electron chi connectivity index (χ0n) is 18.0. The van der Waals surface area contributed by atoms with Crippen LogP contribution in [0.2, 0.25) is 0 Å². The molecule has 30 heavy (non-hydrogen) atoms. The van der Waals surface area contributed by atoms with E-state index in [1.165, 1.54) is 6.42 Å². The number of aliphatic imine (C=N–C) groups is 1. The first kappa shape index (κ1) is 24.0. The quantitative estimate of drug-likeness (QED) is 0.272. The molecule has 2 heterocycles. The van der Waals surface area contributed by atoms with Crippen molar-refractivity contribution in [2.24, 2.45) is 16.8 Å². The first-order valence-corrected chi connectivity index (χ1v) is 10.3. The molecule has 0 saturated carbocycles. The molecule has 2 unspecified atom stereocenters. The van der Waals surface area contributed by atoms with E-state index < -0.39 is 0 Å². The molecule has 1 aromatic heterocycles. The van der Waals surface area contributed by atoms with Crippen LogP contribution in [-0.4, -0.2) is 47.3 Å². The van der Waals surface area contributed by atoms with Crippen LogP contribution in [0.15, 0.2) is 35.3 Å². The lowest BCUT2D eigenvalue weighted by Crippen LogP contribution is -2.48. The normalized spacial score (nSPS) is 19.1. The summed E-state index contributed by atoms with van der Waals surface area (Å²) in [7, 11) is 1.84. The highest BCUT2D eigenvalue weighted by Crippen LogP contribution is 2.22. The van der Waals surface area contributed by atoms with Crippen molar-refractivity contribution in [2.75, 3.05) is 32.4 Å². The molecule has 1 aromatic carbocycles. The number of hydrogen-bond donors (Lipinski definition) is 2. The van der Waals surface area contributed by atoms with Crippen molar-refractivity contribution in [3.05, 3.63) is 41.6 Å². The number of nitriles is 1. The molecule has 1 aliphatic heterocycles. The predicted molar refractivity (Wildman–Crippen MR) is 132 cm³/mol. The van der Waals surface area contributed by atoms with E-state index in [4.69, 9.17) is 5.73 Å². The Morgan fingerprint density at radius 1 is 1.27 bits per heavy atom. The molecule has 1 fully saturated rings. The van der Waals surface area contributed by atoms with Gasteiger partial charge in [0, 0.05) is 26.7 Å². The summed E-state index contributed by atoms with van der Waals surface area (Å²) in [5.74, 6) is 2.72. The zero-order chi connectivity index (χ0) is 20.8. The third kappa shape index (κ3) is 5.65. The molecule has 2 atom stereocenters. The summed E-state index contributed by atoms with van der Waals surface area (Å²) >= 11 is 0. The molecule has 3 rings (SSSR count). The average Bonchev–Trinajstić information content (AvgIpc) is 3.03. The molecular formula is C22H32IN7. The minimum absolute atomic E-state index is 0. The number of halogens is 1. The highest BCUT2D eigenvalue weighted by atomic mass is 127. The molecule has 1 aliphatic rings. The Bertz CT molecular complexity index is 875. The standard InChI is InChI=1S/C22H31N7.HI/c1-16-12-17(2)15-28(14-16)22(25-3)26-11-7-10-20-19(13-23)21(24)29(27-20)18-8-5-4-6-9-18;/h4-6,8-9,16-17H,7,10-12,14-15,24H2,1-3H3,(H,25,26);1H. The van der Waals surface area contributed by atoms with Crippen LogP contribution in [0.1, 0.15) is 37.9 Å². The Labute approximate surface area is 196 Å². The van der Waals surface area contributed by atoms with Gasteiger partial charge in [-0.3, -0.25) is 4.99 Å². The molecule has 162 valence electrons. The van der Waals surface area contributed by atoms with Crippen LogP contribution in [-0.2, 0) is 6.42 Å². The third-order valence-corrected chi connectivity index (χ3v) is 5.36. The number of nitrogen functional groups attached to an aromatic ring is 1. The molecule has 2 aromatic rings. The Hall–Kier alpha value is -2.28. The number of para-hydroxylation sites is 1. The van der Waals surface area contributed by atoms with E-state index in [-0.39, 0.29) is 24.0 Å². The number of nitrogens with two attached hydrogens (primary N) is 1. The van der Waals surface area contributed by atoms with Gasteiger partial charge in [0.2, 0.25) is 0 Å². The molecule has 0 bridgehead atoms. The van der Waals surface area contributed by atoms with Gasteiger partial charge in [0.25, 0.3) is 0 Å². The number of piperidine rings is 1. The summed E-state index contributed by atoms with van der Waals surface area (Å²) in [6.07, 6.45) is 2.80. The average molecular weight is 521 g/mol. The van der Waals surface area contributed by atoms with E-state index in [1.807, 2.05) is 37.4 Å². The van der Waals surface area contributed by atoms with Gasteiger partial charge in [0.15, 0.2) is 5.96 Å². The molecule has 3 N–H and O–H groups in total. The Morgan fingerprint density at radius 2 is 1.93 bits per heavy atom. The predicted octanol–water partition coefficient (Wildman–Crippen LogP) is 3.43. The number of aryl methyl sites for hydroxylation is 1. The Balaban J connectivity index is 0.00000320. The fourth-order valence-electron chi connectivity index (χ4n) is 4.17. The SMILES string of the molecule is CN=C(NCCCc1nn(-c2ccccc2)c(N)c1C#N)N1CC(C)CC(C)C1.I. The molecule has 7 nitrogen and oxygen atoms in total. The van der Waals surface area contributed by atoms with Crippen molar-refractivity contribution in [1.29, 1.82) is 5.26 Å². The van der Waals surface area contributed by atoms with E-state index in [0.29, 0.717) is 29.6 Å². The van der Waals surface area contributed by atoms with Crippen molar-refractivity contribution < 1.29 is 0 Å². The maximum atomic E-state index is 9.54. The minimum atomic E-state index is 0. The number of nitrogens with one attached hydrogen (secondary N) is 1. The van der Waals surface area contributed by atoms with Crippen molar-refractivity contribution >= 4 is 35.8 Å². The fourth-order valence-corrected chi connectivity index (χ4v) is 4.17. The number of benzene rings is 1. The van der Waals surface area contributed by atoms with Gasteiger partial charge in [-0.2, -0.15) is 10.4 Å². The highest BCUT2D eigenvalue weighted by Gasteiger charge is 2.24. The van der Waals surface area contributed by atoms with Gasteiger partial charge in [-0.05, 0) is 43.2 Å². The number of anilines is 1. The Kier molecular flexibility index (Phi) is 8.96. The van der Waals surface area contributed by atoms with Gasteiger partial charge < -0.3 is 16.0 Å². The monoisotopic (exact) mass is 521 g/mol. The Morgan fingerprint density at radius 3 is 2.53 bits per heavy atom. The van der Waals surface area contributed by atoms with Crippen LogP contribution >= 0.6 is 24.0 Å². The summed E-state index contributed by atoms with van der Waals surface area (Å²) in [5, 5.41) is 17.6. The van der Waals surface area contributed by atoms with Crippen molar-refractivity contribution in [3.8, 4) is 11.8 Å². The summed E-state index contributed by atoms with van der Waals surface area (Å²) in [6.45, 7) is 7.45. The lowest BCUT2D eigenvalue weighted by Gasteiger charge is -2.37. The first-order chi connectivity index (χ1) is 14.0. The minimum Gasteiger partial charge on any atom is -0.382 e. The number of nitrogens with zero attached hydrogens (tertiary/aromatic N) is 5. The maximum Gasteiger partial charge on any atom is 0.193 e. The molecule has 0 aliphatic carbocycles. The van der Waals surface area contributed by atoms with Crippen LogP contribution < -0.4 is 11.1 Å². The van der Waals surface area contributed by atoms with E-state index in [9.17, 15) is 5.26 Å². The molecule has 0 radical (unpaired) electrons. The van der Waals surface area contributed by atoms with Gasteiger partial charge in [0.05, 0.1) is 11.4 Å². The third-order valence-electron chi connectivity index (χ3n) is 5.36. The largest absolute Gasteiger partial charge is 0.382 e. The highest BCUT2D eigenvalue weighted by molar-refractivity contribution is 14.0. The lowest BCUT2D eigenvalue weighted by molar-refractivity contribution is 0.208. The van der Waals surface area contributed by atoms with E-state index in [1.54, 1.807) is 4.68 Å².